The second-order valence-corrected chi connectivity index (χ2v) is 20.2. The van der Waals surface area contributed by atoms with Crippen LogP contribution in [0.3, 0.4) is 0 Å². The van der Waals surface area contributed by atoms with E-state index in [-0.39, 0.29) is 0 Å². The Hall–Kier alpha value is 0.744. The number of hydrogen-bond acceptors (Lipinski definition) is 3. The van der Waals surface area contributed by atoms with Crippen molar-refractivity contribution < 1.29 is 13.3 Å². The van der Waals surface area contributed by atoms with E-state index in [4.69, 9.17) is 13.3 Å². The van der Waals surface area contributed by atoms with Gasteiger partial charge in [-0.15, -0.1) is 8.13 Å². The Morgan fingerprint density at radius 2 is 1.30 bits per heavy atom. The molecule has 0 saturated carbocycles. The molecule has 0 radical (unpaired) electrons. The van der Waals surface area contributed by atoms with Gasteiger partial charge in [0, 0.05) is 25.1 Å². The summed E-state index contributed by atoms with van der Waals surface area (Å²) in [4.78, 5) is 0. The lowest BCUT2D eigenvalue weighted by Gasteiger charge is -2.38. The molecule has 2 atom stereocenters. The van der Waals surface area contributed by atoms with E-state index in [1.807, 2.05) is 20.8 Å². The highest BCUT2D eigenvalue weighted by Crippen LogP contribution is 2.41. The second kappa shape index (κ2) is 10.5. The molecular formula is C14H35O3PSi2. The van der Waals surface area contributed by atoms with Gasteiger partial charge in [0.25, 0.3) is 0 Å². The molecule has 0 bridgehead atoms. The van der Waals surface area contributed by atoms with Crippen molar-refractivity contribution in [1.82, 2.24) is 0 Å². The third-order valence-corrected chi connectivity index (χ3v) is 13.6. The van der Waals surface area contributed by atoms with E-state index >= 15 is 0 Å². The lowest BCUT2D eigenvalue weighted by atomic mass is 10.3. The quantitative estimate of drug-likeness (QED) is 0.383. The van der Waals surface area contributed by atoms with Crippen molar-refractivity contribution >= 4 is 24.7 Å². The molecule has 0 saturated heterocycles. The molecule has 0 N–H and O–H groups in total. The van der Waals surface area contributed by atoms with Crippen LogP contribution in [0.1, 0.15) is 47.0 Å². The standard InChI is InChI=1S/C14H35O3PSi2/c1-8-12-13-14(18-19(5,6)7)20(15-9-2,16-10-3)17-11-4/h14,18H,8-13H2,1-7H3. The molecule has 0 heterocycles. The van der Waals surface area contributed by atoms with Crippen molar-refractivity contribution in [3.63, 3.8) is 0 Å². The number of rotatable bonds is 12. The van der Waals surface area contributed by atoms with Gasteiger partial charge in [0.2, 0.25) is 0 Å². The van der Waals surface area contributed by atoms with Crippen LogP contribution in [0.15, 0.2) is 0 Å². The summed E-state index contributed by atoms with van der Waals surface area (Å²) in [6.45, 7) is 17.8. The first-order valence-electron chi connectivity index (χ1n) is 8.04. The summed E-state index contributed by atoms with van der Waals surface area (Å²) in [6.07, 6.45) is 3.65. The van der Waals surface area contributed by atoms with Crippen molar-refractivity contribution in [2.75, 3.05) is 19.8 Å². The SMILES string of the molecule is CCCCC(P[Si](C)(C)C)[Si](OCC)(OCC)OCC. The van der Waals surface area contributed by atoms with Gasteiger partial charge in [0.15, 0.2) is 0 Å². The lowest BCUT2D eigenvalue weighted by molar-refractivity contribution is 0.0685. The van der Waals surface area contributed by atoms with Crippen molar-refractivity contribution in [2.24, 2.45) is 0 Å². The molecule has 0 rings (SSSR count). The predicted molar refractivity (Wildman–Crippen MR) is 95.6 cm³/mol. The predicted octanol–water partition coefficient (Wildman–Crippen LogP) is 4.65. The highest BCUT2D eigenvalue weighted by molar-refractivity contribution is 7.83. The van der Waals surface area contributed by atoms with E-state index in [1.54, 1.807) is 0 Å². The molecular weight excluding hydrogens is 303 g/mol. The minimum atomic E-state index is -2.52. The van der Waals surface area contributed by atoms with Crippen LogP contribution < -0.4 is 0 Å². The van der Waals surface area contributed by atoms with Gasteiger partial charge in [-0.05, 0) is 27.2 Å². The summed E-state index contributed by atoms with van der Waals surface area (Å²) in [6, 6.07) is 0. The first-order valence-corrected chi connectivity index (χ1v) is 15.4. The summed E-state index contributed by atoms with van der Waals surface area (Å²) in [5, 5.41) is 0.494. The first-order chi connectivity index (χ1) is 9.35. The van der Waals surface area contributed by atoms with E-state index in [0.29, 0.717) is 25.1 Å². The number of hydrogen-bond donors (Lipinski definition) is 0. The van der Waals surface area contributed by atoms with Gasteiger partial charge in [-0.2, -0.15) is 0 Å². The van der Waals surface area contributed by atoms with Gasteiger partial charge in [-0.3, -0.25) is 0 Å². The first kappa shape index (κ1) is 20.7. The van der Waals surface area contributed by atoms with Gasteiger partial charge >= 0.3 is 8.80 Å². The molecule has 6 heteroatoms. The molecule has 0 spiro atoms. The van der Waals surface area contributed by atoms with Crippen LogP contribution in [-0.2, 0) is 13.3 Å². The Morgan fingerprint density at radius 1 is 0.850 bits per heavy atom. The zero-order chi connectivity index (χ0) is 15.6. The summed E-state index contributed by atoms with van der Waals surface area (Å²) in [5.41, 5.74) is 0. The van der Waals surface area contributed by atoms with Crippen LogP contribution in [0, 0.1) is 0 Å². The van der Waals surface area contributed by atoms with E-state index < -0.39 is 16.5 Å². The zero-order valence-corrected chi connectivity index (χ0v) is 17.5. The zero-order valence-electron chi connectivity index (χ0n) is 14.5. The van der Waals surface area contributed by atoms with Crippen LogP contribution in [0.4, 0.5) is 0 Å². The van der Waals surface area contributed by atoms with Gasteiger partial charge < -0.3 is 13.3 Å². The highest BCUT2D eigenvalue weighted by atomic mass is 31.3. The van der Waals surface area contributed by atoms with Crippen molar-refractivity contribution in [3.8, 4) is 0 Å². The van der Waals surface area contributed by atoms with Crippen LogP contribution in [-0.4, -0.2) is 41.6 Å². The van der Waals surface area contributed by atoms with Crippen molar-refractivity contribution in [1.29, 1.82) is 0 Å². The minimum absolute atomic E-state index is 0.494. The fourth-order valence-corrected chi connectivity index (χ4v) is 16.8. The summed E-state index contributed by atoms with van der Waals surface area (Å²) >= 11 is 0. The molecule has 3 nitrogen and oxygen atoms in total. The molecule has 0 aromatic rings. The maximum absolute atomic E-state index is 6.14. The van der Waals surface area contributed by atoms with Gasteiger partial charge in [0.1, 0.15) is 0 Å². The van der Waals surface area contributed by atoms with E-state index in [1.165, 1.54) is 19.3 Å². The van der Waals surface area contributed by atoms with E-state index in [2.05, 4.69) is 26.6 Å². The Balaban J connectivity index is 5.21. The third kappa shape index (κ3) is 7.67. The third-order valence-electron chi connectivity index (χ3n) is 2.92. The average Bonchev–Trinajstić information content (AvgIpc) is 2.34. The molecule has 0 amide bonds. The van der Waals surface area contributed by atoms with Crippen molar-refractivity contribution in [3.05, 3.63) is 0 Å². The van der Waals surface area contributed by atoms with Crippen LogP contribution in [0.5, 0.6) is 0 Å². The van der Waals surface area contributed by atoms with Gasteiger partial charge in [-0.25, -0.2) is 0 Å². The highest BCUT2D eigenvalue weighted by Gasteiger charge is 2.49. The molecule has 0 aliphatic rings. The topological polar surface area (TPSA) is 27.7 Å². The van der Waals surface area contributed by atoms with Crippen LogP contribution in [0.25, 0.3) is 0 Å². The molecule has 0 fully saturated rings. The van der Waals surface area contributed by atoms with E-state index in [0.717, 1.165) is 8.13 Å². The fourth-order valence-electron chi connectivity index (χ4n) is 2.30. The summed E-state index contributed by atoms with van der Waals surface area (Å²) in [5.74, 6) is 0. The Bertz CT molecular complexity index is 230. The molecule has 0 aliphatic heterocycles. The molecule has 0 aromatic carbocycles. The lowest BCUT2D eigenvalue weighted by Crippen LogP contribution is -2.55. The maximum atomic E-state index is 6.14. The van der Waals surface area contributed by atoms with E-state index in [9.17, 15) is 0 Å². The molecule has 0 aliphatic carbocycles. The molecule has 2 unspecified atom stereocenters. The molecule has 20 heavy (non-hydrogen) atoms. The number of unbranched alkanes of at least 4 members (excludes halogenated alkanes) is 1. The van der Waals surface area contributed by atoms with Crippen molar-refractivity contribution in [2.45, 2.75) is 71.9 Å². The normalized spacial score (nSPS) is 15.2. The maximum Gasteiger partial charge on any atom is 0.508 e. The Kier molecular flexibility index (Phi) is 10.9. The van der Waals surface area contributed by atoms with Gasteiger partial charge in [0.05, 0.1) is 7.74 Å². The Labute approximate surface area is 130 Å². The van der Waals surface area contributed by atoms with Crippen LogP contribution in [0.2, 0.25) is 19.6 Å². The summed E-state index contributed by atoms with van der Waals surface area (Å²) < 4.78 is 18.4. The second-order valence-electron chi connectivity index (χ2n) is 5.99. The Morgan fingerprint density at radius 3 is 1.60 bits per heavy atom. The average molecular weight is 339 g/mol. The monoisotopic (exact) mass is 338 g/mol. The minimum Gasteiger partial charge on any atom is -0.373 e. The molecule has 122 valence electrons. The van der Waals surface area contributed by atoms with Crippen LogP contribution >= 0.6 is 8.13 Å². The largest absolute Gasteiger partial charge is 0.508 e. The molecule has 0 aromatic heterocycles. The fraction of sp³-hybridized carbons (Fsp3) is 1.00. The smallest absolute Gasteiger partial charge is 0.373 e. The summed E-state index contributed by atoms with van der Waals surface area (Å²) in [7, 11) is -2.72. The van der Waals surface area contributed by atoms with Gasteiger partial charge in [-0.1, -0.05) is 39.4 Å².